The number of aliphatic imine (C=N–C) groups is 1. The van der Waals surface area contributed by atoms with Gasteiger partial charge < -0.3 is 19.7 Å². The van der Waals surface area contributed by atoms with Gasteiger partial charge in [-0.15, -0.1) is 34.2 Å². The molecule has 2 N–H and O–H groups in total. The van der Waals surface area contributed by atoms with Crippen LogP contribution in [0.4, 0.5) is 0 Å². The molecule has 25 heavy (non-hydrogen) atoms. The van der Waals surface area contributed by atoms with E-state index in [0.29, 0.717) is 25.0 Å². The average molecular weight is 461 g/mol. The highest BCUT2D eigenvalue weighted by Gasteiger charge is 2.13. The van der Waals surface area contributed by atoms with Crippen molar-refractivity contribution < 1.29 is 4.52 Å². The molecule has 8 nitrogen and oxygen atoms in total. The van der Waals surface area contributed by atoms with Gasteiger partial charge in [0.15, 0.2) is 17.5 Å². The maximum Gasteiger partial charge on any atom is 0.191 e. The van der Waals surface area contributed by atoms with Gasteiger partial charge in [-0.3, -0.25) is 4.99 Å². The smallest absolute Gasteiger partial charge is 0.191 e. The number of guanidine groups is 1. The van der Waals surface area contributed by atoms with E-state index in [2.05, 4.69) is 44.8 Å². The van der Waals surface area contributed by atoms with Crippen LogP contribution in [0.1, 0.15) is 55.7 Å². The number of hydrogen-bond donors (Lipinski definition) is 2. The first kappa shape index (κ1) is 21.4. The second-order valence-corrected chi connectivity index (χ2v) is 5.73. The summed E-state index contributed by atoms with van der Waals surface area (Å²) in [4.78, 5) is 4.20. The molecule has 0 aromatic carbocycles. The third-order valence-electron chi connectivity index (χ3n) is 4.23. The second-order valence-electron chi connectivity index (χ2n) is 5.73. The average Bonchev–Trinajstić information content (AvgIpc) is 3.18. The fourth-order valence-corrected chi connectivity index (χ4v) is 2.47. The Morgan fingerprint density at radius 1 is 1.24 bits per heavy atom. The molecule has 0 atom stereocenters. The van der Waals surface area contributed by atoms with Gasteiger partial charge in [0.25, 0.3) is 0 Å². The van der Waals surface area contributed by atoms with E-state index in [0.717, 1.165) is 35.9 Å². The van der Waals surface area contributed by atoms with Crippen LogP contribution in [-0.4, -0.2) is 32.9 Å². The fourth-order valence-electron chi connectivity index (χ4n) is 2.47. The highest BCUT2D eigenvalue weighted by atomic mass is 127. The van der Waals surface area contributed by atoms with Crippen molar-refractivity contribution in [2.24, 2.45) is 12.0 Å². The van der Waals surface area contributed by atoms with Crippen molar-refractivity contribution in [1.82, 2.24) is 30.6 Å². The summed E-state index contributed by atoms with van der Waals surface area (Å²) >= 11 is 0. The van der Waals surface area contributed by atoms with Crippen molar-refractivity contribution >= 4 is 29.9 Å². The zero-order chi connectivity index (χ0) is 17.5. The van der Waals surface area contributed by atoms with Crippen molar-refractivity contribution in [3.63, 3.8) is 0 Å². The van der Waals surface area contributed by atoms with Gasteiger partial charge in [0, 0.05) is 26.1 Å². The summed E-state index contributed by atoms with van der Waals surface area (Å²) in [5.41, 5.74) is 1.02. The molecule has 0 aliphatic carbocycles. The van der Waals surface area contributed by atoms with Crippen molar-refractivity contribution in [2.75, 3.05) is 7.05 Å². The molecule has 0 aliphatic heterocycles. The number of aromatic nitrogens is 4. The van der Waals surface area contributed by atoms with Crippen LogP contribution in [-0.2, 0) is 20.1 Å². The number of nitrogens with one attached hydrogen (secondary N) is 2. The van der Waals surface area contributed by atoms with E-state index in [1.54, 1.807) is 7.05 Å². The number of aryl methyl sites for hydroxylation is 1. The van der Waals surface area contributed by atoms with Gasteiger partial charge >= 0.3 is 0 Å². The second kappa shape index (κ2) is 10.4. The van der Waals surface area contributed by atoms with Gasteiger partial charge in [0.1, 0.15) is 5.82 Å². The lowest BCUT2D eigenvalue weighted by Crippen LogP contribution is -2.36. The van der Waals surface area contributed by atoms with Gasteiger partial charge in [-0.2, -0.15) is 0 Å². The zero-order valence-corrected chi connectivity index (χ0v) is 17.9. The van der Waals surface area contributed by atoms with Crippen molar-refractivity contribution in [2.45, 2.75) is 52.6 Å². The molecule has 0 amide bonds. The predicted molar refractivity (Wildman–Crippen MR) is 108 cm³/mol. The van der Waals surface area contributed by atoms with Gasteiger partial charge in [-0.05, 0) is 19.8 Å². The lowest BCUT2D eigenvalue weighted by atomic mass is 9.99. The molecule has 2 heterocycles. The molecule has 0 saturated heterocycles. The fraction of sp³-hybridized carbons (Fsp3) is 0.625. The van der Waals surface area contributed by atoms with Crippen molar-refractivity contribution in [1.29, 1.82) is 0 Å². The summed E-state index contributed by atoms with van der Waals surface area (Å²) in [7, 11) is 3.67. The molecule has 2 aromatic heterocycles. The topological polar surface area (TPSA) is 93.2 Å². The van der Waals surface area contributed by atoms with Crippen LogP contribution in [0.3, 0.4) is 0 Å². The first-order valence-electron chi connectivity index (χ1n) is 8.33. The van der Waals surface area contributed by atoms with Crippen LogP contribution in [0.15, 0.2) is 15.6 Å². The Morgan fingerprint density at radius 3 is 2.48 bits per heavy atom. The molecular formula is C16H28IN7O. The summed E-state index contributed by atoms with van der Waals surface area (Å²) < 4.78 is 7.35. The lowest BCUT2D eigenvalue weighted by molar-refractivity contribution is 0.368. The molecule has 0 bridgehead atoms. The molecule has 0 radical (unpaired) electrons. The number of hydrogen-bond acceptors (Lipinski definition) is 5. The number of rotatable bonds is 7. The molecule has 140 valence electrons. The molecule has 2 aromatic rings. The third-order valence-corrected chi connectivity index (χ3v) is 4.23. The Kier molecular flexibility index (Phi) is 8.87. The maximum atomic E-state index is 5.41. The van der Waals surface area contributed by atoms with E-state index in [1.807, 2.05) is 24.6 Å². The quantitative estimate of drug-likeness (QED) is 0.374. The molecule has 0 saturated carbocycles. The standard InChI is InChI=1S/C16H27N7O.HI/c1-6-12(7-2)14-8-13(24-22-14)9-18-16(17-4)19-10-15-21-20-11(3)23(15)5;/h8,12H,6-7,9-10H2,1-5H3,(H2,17,18,19);1H. The largest absolute Gasteiger partial charge is 0.359 e. The Balaban J connectivity index is 0.00000312. The van der Waals surface area contributed by atoms with Crippen LogP contribution in [0.25, 0.3) is 0 Å². The van der Waals surface area contributed by atoms with Crippen molar-refractivity contribution in [3.05, 3.63) is 29.2 Å². The molecule has 0 aliphatic rings. The summed E-state index contributed by atoms with van der Waals surface area (Å²) in [5, 5.41) is 18.8. The van der Waals surface area contributed by atoms with E-state index in [9.17, 15) is 0 Å². The van der Waals surface area contributed by atoms with Crippen LogP contribution < -0.4 is 10.6 Å². The first-order chi connectivity index (χ1) is 11.6. The van der Waals surface area contributed by atoms with E-state index >= 15 is 0 Å². The summed E-state index contributed by atoms with van der Waals surface area (Å²) in [6.07, 6.45) is 2.13. The Bertz CT molecular complexity index is 676. The Hall–Kier alpha value is -1.65. The Morgan fingerprint density at radius 2 is 1.92 bits per heavy atom. The first-order valence-corrected chi connectivity index (χ1v) is 8.33. The SMILES string of the molecule is CCC(CC)c1cc(CNC(=NC)NCc2nnc(C)n2C)on1.I. The van der Waals surface area contributed by atoms with Gasteiger partial charge in [-0.25, -0.2) is 0 Å². The summed E-state index contributed by atoms with van der Waals surface area (Å²) in [5.74, 6) is 3.67. The highest BCUT2D eigenvalue weighted by molar-refractivity contribution is 14.0. The monoisotopic (exact) mass is 461 g/mol. The van der Waals surface area contributed by atoms with Gasteiger partial charge in [0.2, 0.25) is 0 Å². The van der Waals surface area contributed by atoms with Crippen molar-refractivity contribution in [3.8, 4) is 0 Å². The van der Waals surface area contributed by atoms with E-state index < -0.39 is 0 Å². The summed E-state index contributed by atoms with van der Waals surface area (Å²) in [6, 6.07) is 2.02. The molecular weight excluding hydrogens is 433 g/mol. The lowest BCUT2D eigenvalue weighted by Gasteiger charge is -2.10. The minimum absolute atomic E-state index is 0. The van der Waals surface area contributed by atoms with E-state index in [1.165, 1.54) is 0 Å². The third kappa shape index (κ3) is 5.68. The number of nitrogens with zero attached hydrogens (tertiary/aromatic N) is 5. The Labute approximate surface area is 165 Å². The predicted octanol–water partition coefficient (Wildman–Crippen LogP) is 2.50. The van der Waals surface area contributed by atoms with Crippen LogP contribution >= 0.6 is 24.0 Å². The molecule has 9 heteroatoms. The van der Waals surface area contributed by atoms with Gasteiger partial charge in [-0.1, -0.05) is 19.0 Å². The van der Waals surface area contributed by atoms with Crippen LogP contribution in [0.2, 0.25) is 0 Å². The molecule has 0 fully saturated rings. The molecule has 2 rings (SSSR count). The number of halogens is 1. The minimum Gasteiger partial charge on any atom is -0.359 e. The van der Waals surface area contributed by atoms with Crippen LogP contribution in [0.5, 0.6) is 0 Å². The maximum absolute atomic E-state index is 5.41. The normalized spacial score (nSPS) is 11.5. The minimum atomic E-state index is 0. The molecule has 0 unspecified atom stereocenters. The zero-order valence-electron chi connectivity index (χ0n) is 15.5. The van der Waals surface area contributed by atoms with E-state index in [-0.39, 0.29) is 24.0 Å². The highest BCUT2D eigenvalue weighted by Crippen LogP contribution is 2.22. The van der Waals surface area contributed by atoms with E-state index in [4.69, 9.17) is 4.52 Å². The summed E-state index contributed by atoms with van der Waals surface area (Å²) in [6.45, 7) is 7.34. The molecule has 0 spiro atoms. The van der Waals surface area contributed by atoms with Gasteiger partial charge in [0.05, 0.1) is 18.8 Å². The van der Waals surface area contributed by atoms with Crippen LogP contribution in [0, 0.1) is 6.92 Å².